The van der Waals surface area contributed by atoms with Crippen LogP contribution in [0.3, 0.4) is 0 Å². The van der Waals surface area contributed by atoms with Crippen LogP contribution in [0.25, 0.3) is 0 Å². The number of rotatable bonds is 3. The molecule has 6 heteroatoms. The summed E-state index contributed by atoms with van der Waals surface area (Å²) in [6, 6.07) is 0.565. The van der Waals surface area contributed by atoms with Gasteiger partial charge in [0.2, 0.25) is 10.0 Å². The van der Waals surface area contributed by atoms with Crippen molar-refractivity contribution in [2.45, 2.75) is 50.3 Å². The molecule has 0 radical (unpaired) electrons. The van der Waals surface area contributed by atoms with Crippen LogP contribution in [-0.2, 0) is 10.0 Å². The molecule has 2 aliphatic rings. The third-order valence-corrected chi connectivity index (χ3v) is 5.16. The Hall–Kier alpha value is -0.170. The zero-order valence-electron chi connectivity index (χ0n) is 10.3. The summed E-state index contributed by atoms with van der Waals surface area (Å²) in [5.41, 5.74) is 0. The van der Waals surface area contributed by atoms with Crippen molar-refractivity contribution in [2.75, 3.05) is 19.3 Å². The van der Waals surface area contributed by atoms with Crippen LogP contribution in [0.2, 0.25) is 0 Å². The Bertz CT molecular complexity index is 350. The van der Waals surface area contributed by atoms with Gasteiger partial charge in [0, 0.05) is 25.2 Å². The van der Waals surface area contributed by atoms with Gasteiger partial charge in [-0.05, 0) is 32.1 Å². The fourth-order valence-electron chi connectivity index (χ4n) is 2.79. The third-order valence-electron chi connectivity index (χ3n) is 3.85. The summed E-state index contributed by atoms with van der Waals surface area (Å²) in [5.74, 6) is 0. The van der Waals surface area contributed by atoms with Crippen molar-refractivity contribution in [3.05, 3.63) is 0 Å². The first kappa shape index (κ1) is 13.3. The normalized spacial score (nSPS) is 33.1. The summed E-state index contributed by atoms with van der Waals surface area (Å²) in [7, 11) is -3.03. The Kier molecular flexibility index (Phi) is 4.07. The molecule has 17 heavy (non-hydrogen) atoms. The van der Waals surface area contributed by atoms with Gasteiger partial charge in [-0.1, -0.05) is 0 Å². The maximum absolute atomic E-state index is 11.4. The second kappa shape index (κ2) is 5.22. The zero-order valence-corrected chi connectivity index (χ0v) is 11.1. The van der Waals surface area contributed by atoms with Gasteiger partial charge in [-0.3, -0.25) is 0 Å². The molecule has 5 nitrogen and oxygen atoms in total. The molecule has 0 bridgehead atoms. The zero-order chi connectivity index (χ0) is 12.5. The van der Waals surface area contributed by atoms with E-state index < -0.39 is 10.0 Å². The van der Waals surface area contributed by atoms with Gasteiger partial charge < -0.3 is 10.4 Å². The van der Waals surface area contributed by atoms with Gasteiger partial charge in [0.1, 0.15) is 0 Å². The summed E-state index contributed by atoms with van der Waals surface area (Å²) >= 11 is 0. The molecule has 0 spiro atoms. The number of sulfonamides is 1. The molecule has 0 aromatic heterocycles. The number of hydrogen-bond donors (Lipinski definition) is 2. The van der Waals surface area contributed by atoms with E-state index in [9.17, 15) is 13.5 Å². The Balaban J connectivity index is 1.79. The molecule has 1 heterocycles. The first-order valence-electron chi connectivity index (χ1n) is 6.36. The van der Waals surface area contributed by atoms with E-state index in [2.05, 4.69) is 5.32 Å². The second-order valence-electron chi connectivity index (χ2n) is 5.21. The van der Waals surface area contributed by atoms with E-state index in [1.807, 2.05) is 0 Å². The average molecular weight is 262 g/mol. The lowest BCUT2D eigenvalue weighted by atomic mass is 10.0. The monoisotopic (exact) mass is 262 g/mol. The minimum absolute atomic E-state index is 0.213. The molecular weight excluding hydrogens is 240 g/mol. The van der Waals surface area contributed by atoms with Crippen molar-refractivity contribution in [1.29, 1.82) is 0 Å². The van der Waals surface area contributed by atoms with E-state index >= 15 is 0 Å². The quantitative estimate of drug-likeness (QED) is 0.746. The van der Waals surface area contributed by atoms with Crippen LogP contribution in [0.1, 0.15) is 32.1 Å². The molecule has 2 rings (SSSR count). The standard InChI is InChI=1S/C11H22N2O3S/c1-17(15,16)13-7-5-9(6-8-13)12-10-3-2-4-11(10)14/h9-12,14H,2-8H2,1H3/t10-,11-/m1/s1. The fourth-order valence-corrected chi connectivity index (χ4v) is 3.67. The molecule has 2 fully saturated rings. The topological polar surface area (TPSA) is 69.6 Å². The van der Waals surface area contributed by atoms with Gasteiger partial charge in [0.05, 0.1) is 12.4 Å². The summed E-state index contributed by atoms with van der Waals surface area (Å²) in [4.78, 5) is 0. The van der Waals surface area contributed by atoms with Crippen LogP contribution in [0, 0.1) is 0 Å². The summed E-state index contributed by atoms with van der Waals surface area (Å²) in [5, 5.41) is 13.2. The van der Waals surface area contributed by atoms with Crippen molar-refractivity contribution in [3.63, 3.8) is 0 Å². The van der Waals surface area contributed by atoms with Crippen LogP contribution in [0.15, 0.2) is 0 Å². The summed E-state index contributed by atoms with van der Waals surface area (Å²) in [6.45, 7) is 1.19. The Morgan fingerprint density at radius 3 is 2.29 bits per heavy atom. The maximum atomic E-state index is 11.4. The molecule has 100 valence electrons. The smallest absolute Gasteiger partial charge is 0.211 e. The highest BCUT2D eigenvalue weighted by Crippen LogP contribution is 2.21. The lowest BCUT2D eigenvalue weighted by Crippen LogP contribution is -2.49. The molecule has 1 saturated heterocycles. The third kappa shape index (κ3) is 3.40. The van der Waals surface area contributed by atoms with Crippen LogP contribution < -0.4 is 5.32 Å². The second-order valence-corrected chi connectivity index (χ2v) is 7.19. The number of piperidine rings is 1. The van der Waals surface area contributed by atoms with Crippen molar-refractivity contribution in [2.24, 2.45) is 0 Å². The molecule has 1 aliphatic carbocycles. The van der Waals surface area contributed by atoms with Crippen molar-refractivity contribution < 1.29 is 13.5 Å². The predicted octanol–water partition coefficient (Wildman–Crippen LogP) is -0.0866. The number of hydrogen-bond acceptors (Lipinski definition) is 4. The highest BCUT2D eigenvalue weighted by Gasteiger charge is 2.30. The lowest BCUT2D eigenvalue weighted by molar-refractivity contribution is 0.135. The number of aliphatic hydroxyl groups excluding tert-OH is 1. The summed E-state index contributed by atoms with van der Waals surface area (Å²) < 4.78 is 24.2. The molecule has 0 unspecified atom stereocenters. The van der Waals surface area contributed by atoms with Gasteiger partial charge in [0.25, 0.3) is 0 Å². The van der Waals surface area contributed by atoms with Crippen molar-refractivity contribution >= 4 is 10.0 Å². The Morgan fingerprint density at radius 1 is 1.18 bits per heavy atom. The first-order valence-corrected chi connectivity index (χ1v) is 8.21. The summed E-state index contributed by atoms with van der Waals surface area (Å²) in [6.07, 6.45) is 5.74. The molecule has 2 atom stereocenters. The van der Waals surface area contributed by atoms with Gasteiger partial charge in [-0.2, -0.15) is 0 Å². The van der Waals surface area contributed by atoms with Crippen LogP contribution >= 0.6 is 0 Å². The first-order chi connectivity index (χ1) is 7.97. The van der Waals surface area contributed by atoms with Crippen LogP contribution in [0.5, 0.6) is 0 Å². The molecule has 1 saturated carbocycles. The molecule has 1 aliphatic heterocycles. The number of aliphatic hydroxyl groups is 1. The van der Waals surface area contributed by atoms with E-state index in [0.29, 0.717) is 19.1 Å². The minimum atomic E-state index is -3.03. The van der Waals surface area contributed by atoms with Gasteiger partial charge >= 0.3 is 0 Å². The highest BCUT2D eigenvalue weighted by atomic mass is 32.2. The van der Waals surface area contributed by atoms with Gasteiger partial charge in [-0.25, -0.2) is 12.7 Å². The minimum Gasteiger partial charge on any atom is -0.392 e. The molecule has 0 amide bonds. The number of nitrogens with zero attached hydrogens (tertiary/aromatic N) is 1. The molecule has 0 aromatic carbocycles. The van der Waals surface area contributed by atoms with Gasteiger partial charge in [0.15, 0.2) is 0 Å². The van der Waals surface area contributed by atoms with Crippen LogP contribution in [0.4, 0.5) is 0 Å². The van der Waals surface area contributed by atoms with E-state index in [1.54, 1.807) is 0 Å². The van der Waals surface area contributed by atoms with Gasteiger partial charge in [-0.15, -0.1) is 0 Å². The van der Waals surface area contributed by atoms with Crippen molar-refractivity contribution in [3.8, 4) is 0 Å². The lowest BCUT2D eigenvalue weighted by Gasteiger charge is -2.33. The average Bonchev–Trinajstić information content (AvgIpc) is 2.64. The highest BCUT2D eigenvalue weighted by molar-refractivity contribution is 7.88. The van der Waals surface area contributed by atoms with E-state index in [4.69, 9.17) is 0 Å². The van der Waals surface area contributed by atoms with Crippen molar-refractivity contribution in [1.82, 2.24) is 9.62 Å². The predicted molar refractivity (Wildman–Crippen MR) is 66.2 cm³/mol. The van der Waals surface area contributed by atoms with E-state index in [1.165, 1.54) is 10.6 Å². The maximum Gasteiger partial charge on any atom is 0.211 e. The Morgan fingerprint density at radius 2 is 1.82 bits per heavy atom. The largest absolute Gasteiger partial charge is 0.392 e. The van der Waals surface area contributed by atoms with Crippen LogP contribution in [-0.4, -0.2) is 55.4 Å². The SMILES string of the molecule is CS(=O)(=O)N1CCC(N[C@@H]2CCC[C@H]2O)CC1. The molecule has 2 N–H and O–H groups in total. The van der Waals surface area contributed by atoms with E-state index in [-0.39, 0.29) is 12.1 Å². The Labute approximate surface area is 103 Å². The number of nitrogens with one attached hydrogen (secondary N) is 1. The van der Waals surface area contributed by atoms with E-state index in [0.717, 1.165) is 32.1 Å². The fraction of sp³-hybridized carbons (Fsp3) is 1.00. The molecular formula is C11H22N2O3S. The molecule has 0 aromatic rings.